The number of likely N-dealkylation sites (N-methyl/N-ethyl adjacent to an activating group) is 1. The lowest BCUT2D eigenvalue weighted by molar-refractivity contribution is -0.122. The van der Waals surface area contributed by atoms with Gasteiger partial charge in [0.2, 0.25) is 5.91 Å². The Morgan fingerprint density at radius 2 is 2.09 bits per heavy atom. The molecule has 0 aliphatic carbocycles. The third-order valence-electron chi connectivity index (χ3n) is 1.63. The lowest BCUT2D eigenvalue weighted by Gasteiger charge is -2.22. The van der Waals surface area contributed by atoms with Crippen LogP contribution in [-0.2, 0) is 4.79 Å². The van der Waals surface area contributed by atoms with E-state index in [2.05, 4.69) is 0 Å². The van der Waals surface area contributed by atoms with Crippen molar-refractivity contribution < 1.29 is 9.90 Å². The van der Waals surface area contributed by atoms with Gasteiger partial charge in [-0.05, 0) is 20.9 Å². The van der Waals surface area contributed by atoms with Crippen LogP contribution >= 0.6 is 0 Å². The fraction of sp³-hybridized carbons (Fsp3) is 0.857. The van der Waals surface area contributed by atoms with Crippen LogP contribution in [-0.4, -0.2) is 41.7 Å². The quantitative estimate of drug-likeness (QED) is 0.564. The summed E-state index contributed by atoms with van der Waals surface area (Å²) in [4.78, 5) is 12.3. The molecule has 3 N–H and O–H groups in total. The highest BCUT2D eigenvalue weighted by Gasteiger charge is 2.15. The van der Waals surface area contributed by atoms with Gasteiger partial charge in [-0.2, -0.15) is 0 Å². The smallest absolute Gasteiger partial charge is 0.234 e. The Hall–Kier alpha value is -0.610. The molecule has 0 spiro atoms. The van der Waals surface area contributed by atoms with Crippen molar-refractivity contribution in [2.45, 2.75) is 26.0 Å². The zero-order chi connectivity index (χ0) is 9.02. The average Bonchev–Trinajstić information content (AvgIpc) is 1.84. The predicted octanol–water partition coefficient (Wildman–Crippen LogP) is -0.827. The lowest BCUT2D eigenvalue weighted by Crippen LogP contribution is -2.43. The summed E-state index contributed by atoms with van der Waals surface area (Å²) in [6.07, 6.45) is -0.429. The van der Waals surface area contributed by atoms with Gasteiger partial charge in [-0.25, -0.2) is 0 Å². The maximum Gasteiger partial charge on any atom is 0.234 e. The number of rotatable bonds is 4. The number of amides is 1. The number of carbonyl (C=O) groups is 1. The average molecular weight is 160 g/mol. The Balaban J connectivity index is 3.82. The molecule has 0 aromatic rings. The third-order valence-corrected chi connectivity index (χ3v) is 1.63. The number of primary amides is 1. The van der Waals surface area contributed by atoms with Gasteiger partial charge >= 0.3 is 0 Å². The molecule has 1 amide bonds. The van der Waals surface area contributed by atoms with E-state index in [1.165, 1.54) is 0 Å². The van der Waals surface area contributed by atoms with Gasteiger partial charge in [-0.15, -0.1) is 0 Å². The van der Waals surface area contributed by atoms with Crippen molar-refractivity contribution in [1.29, 1.82) is 0 Å². The van der Waals surface area contributed by atoms with Gasteiger partial charge in [-0.3, -0.25) is 9.69 Å². The molecule has 0 aromatic heterocycles. The highest BCUT2D eigenvalue weighted by Crippen LogP contribution is 1.95. The molecule has 0 heterocycles. The van der Waals surface area contributed by atoms with E-state index in [1.807, 2.05) is 0 Å². The number of hydrogen-bond acceptors (Lipinski definition) is 3. The van der Waals surface area contributed by atoms with Crippen LogP contribution in [0.2, 0.25) is 0 Å². The molecule has 2 atom stereocenters. The van der Waals surface area contributed by atoms with Crippen LogP contribution in [0.5, 0.6) is 0 Å². The molecule has 2 unspecified atom stereocenters. The Kier molecular flexibility index (Phi) is 4.07. The normalized spacial score (nSPS) is 16.5. The second kappa shape index (κ2) is 4.31. The SMILES string of the molecule is CC(O)CN(C)C(C)C(N)=O. The summed E-state index contributed by atoms with van der Waals surface area (Å²) in [6, 6.07) is -0.315. The fourth-order valence-corrected chi connectivity index (χ4v) is 0.792. The molecule has 0 aromatic carbocycles. The first-order valence-corrected chi connectivity index (χ1v) is 3.62. The molecular weight excluding hydrogens is 144 g/mol. The molecule has 4 nitrogen and oxygen atoms in total. The first-order valence-electron chi connectivity index (χ1n) is 3.62. The summed E-state index contributed by atoms with van der Waals surface area (Å²) in [5.41, 5.74) is 5.05. The van der Waals surface area contributed by atoms with E-state index in [9.17, 15) is 4.79 Å². The van der Waals surface area contributed by atoms with Crippen molar-refractivity contribution >= 4 is 5.91 Å². The molecule has 0 fully saturated rings. The van der Waals surface area contributed by atoms with Crippen LogP contribution in [0.3, 0.4) is 0 Å². The van der Waals surface area contributed by atoms with Gasteiger partial charge in [0.15, 0.2) is 0 Å². The van der Waals surface area contributed by atoms with Crippen molar-refractivity contribution in [2.24, 2.45) is 5.73 Å². The van der Waals surface area contributed by atoms with Gasteiger partial charge in [0, 0.05) is 6.54 Å². The zero-order valence-electron chi connectivity index (χ0n) is 7.24. The molecule has 0 saturated carbocycles. The van der Waals surface area contributed by atoms with E-state index in [4.69, 9.17) is 10.8 Å². The summed E-state index contributed by atoms with van der Waals surface area (Å²) in [6.45, 7) is 3.85. The van der Waals surface area contributed by atoms with E-state index in [0.717, 1.165) is 0 Å². The number of aliphatic hydroxyl groups is 1. The monoisotopic (exact) mass is 160 g/mol. The molecule has 4 heteroatoms. The van der Waals surface area contributed by atoms with Gasteiger partial charge in [0.05, 0.1) is 12.1 Å². The van der Waals surface area contributed by atoms with Crippen LogP contribution in [0.4, 0.5) is 0 Å². The van der Waals surface area contributed by atoms with Crippen LogP contribution < -0.4 is 5.73 Å². The minimum Gasteiger partial charge on any atom is -0.392 e. The summed E-state index contributed by atoms with van der Waals surface area (Å²) < 4.78 is 0. The Bertz CT molecular complexity index is 136. The highest BCUT2D eigenvalue weighted by atomic mass is 16.3. The number of aliphatic hydroxyl groups excluding tert-OH is 1. The maximum atomic E-state index is 10.6. The Morgan fingerprint density at radius 3 is 2.36 bits per heavy atom. The molecular formula is C7H16N2O2. The van der Waals surface area contributed by atoms with Crippen LogP contribution in [0.15, 0.2) is 0 Å². The van der Waals surface area contributed by atoms with E-state index >= 15 is 0 Å². The minimum absolute atomic E-state index is 0.315. The second-order valence-electron chi connectivity index (χ2n) is 2.87. The van der Waals surface area contributed by atoms with Gasteiger partial charge in [0.1, 0.15) is 0 Å². The Morgan fingerprint density at radius 1 is 1.64 bits per heavy atom. The predicted molar refractivity (Wildman–Crippen MR) is 43.0 cm³/mol. The van der Waals surface area contributed by atoms with Crippen molar-refractivity contribution in [3.63, 3.8) is 0 Å². The summed E-state index contributed by atoms with van der Waals surface area (Å²) in [5, 5.41) is 8.96. The van der Waals surface area contributed by atoms with E-state index in [1.54, 1.807) is 25.8 Å². The summed E-state index contributed by atoms with van der Waals surface area (Å²) in [7, 11) is 1.75. The van der Waals surface area contributed by atoms with Crippen molar-refractivity contribution in [3.05, 3.63) is 0 Å². The molecule has 0 bridgehead atoms. The Labute approximate surface area is 67.0 Å². The number of hydrogen-bond donors (Lipinski definition) is 2. The zero-order valence-corrected chi connectivity index (χ0v) is 7.24. The van der Waals surface area contributed by atoms with Gasteiger partial charge < -0.3 is 10.8 Å². The largest absolute Gasteiger partial charge is 0.392 e. The fourth-order valence-electron chi connectivity index (χ4n) is 0.792. The second-order valence-corrected chi connectivity index (χ2v) is 2.87. The maximum absolute atomic E-state index is 10.6. The highest BCUT2D eigenvalue weighted by molar-refractivity contribution is 5.79. The van der Waals surface area contributed by atoms with Crippen molar-refractivity contribution in [2.75, 3.05) is 13.6 Å². The number of nitrogens with two attached hydrogens (primary N) is 1. The van der Waals surface area contributed by atoms with E-state index < -0.39 is 6.10 Å². The lowest BCUT2D eigenvalue weighted by atomic mass is 10.2. The number of carbonyl (C=O) groups excluding carboxylic acids is 1. The first kappa shape index (κ1) is 10.4. The van der Waals surface area contributed by atoms with Gasteiger partial charge in [0.25, 0.3) is 0 Å². The van der Waals surface area contributed by atoms with E-state index in [-0.39, 0.29) is 11.9 Å². The van der Waals surface area contributed by atoms with Gasteiger partial charge in [-0.1, -0.05) is 0 Å². The molecule has 11 heavy (non-hydrogen) atoms. The summed E-state index contributed by atoms with van der Waals surface area (Å²) in [5.74, 6) is -0.367. The molecule has 0 rings (SSSR count). The van der Waals surface area contributed by atoms with Crippen LogP contribution in [0, 0.1) is 0 Å². The molecule has 0 saturated heterocycles. The topological polar surface area (TPSA) is 66.6 Å². The van der Waals surface area contributed by atoms with Crippen molar-refractivity contribution in [3.8, 4) is 0 Å². The minimum atomic E-state index is -0.429. The first-order chi connectivity index (χ1) is 4.95. The van der Waals surface area contributed by atoms with Crippen LogP contribution in [0.1, 0.15) is 13.8 Å². The molecule has 0 aliphatic heterocycles. The standard InChI is InChI=1S/C7H16N2O2/c1-5(10)4-9(3)6(2)7(8)11/h5-6,10H,4H2,1-3H3,(H2,8,11). The third kappa shape index (κ3) is 3.95. The van der Waals surface area contributed by atoms with Crippen molar-refractivity contribution in [1.82, 2.24) is 4.90 Å². The molecule has 0 aliphatic rings. The van der Waals surface area contributed by atoms with E-state index in [0.29, 0.717) is 6.54 Å². The number of nitrogens with zero attached hydrogens (tertiary/aromatic N) is 1. The van der Waals surface area contributed by atoms with Crippen LogP contribution in [0.25, 0.3) is 0 Å². The summed E-state index contributed by atoms with van der Waals surface area (Å²) >= 11 is 0. The molecule has 66 valence electrons. The molecule has 0 radical (unpaired) electrons.